The van der Waals surface area contributed by atoms with Crippen LogP contribution in [-0.2, 0) is 17.6 Å². The summed E-state index contributed by atoms with van der Waals surface area (Å²) >= 11 is 0. The van der Waals surface area contributed by atoms with E-state index in [1.54, 1.807) is 36.4 Å². The molecule has 0 aliphatic carbocycles. The van der Waals surface area contributed by atoms with Gasteiger partial charge in [0, 0.05) is 42.3 Å². The van der Waals surface area contributed by atoms with Gasteiger partial charge in [0.15, 0.2) is 0 Å². The van der Waals surface area contributed by atoms with Gasteiger partial charge in [-0.2, -0.15) is 10.2 Å². The average molecular weight is 700 g/mol. The first-order valence-electron chi connectivity index (χ1n) is 17.3. The summed E-state index contributed by atoms with van der Waals surface area (Å²) < 4.78 is 6.07. The third-order valence-corrected chi connectivity index (χ3v) is 8.89. The monoisotopic (exact) mass is 699 g/mol. The molecule has 0 bridgehead atoms. The molecule has 0 spiro atoms. The number of hydrogen-bond donors (Lipinski definition) is 3. The molecule has 0 radical (unpaired) electrons. The predicted octanol–water partition coefficient (Wildman–Crippen LogP) is 6.15. The zero-order valence-corrected chi connectivity index (χ0v) is 29.4. The topological polar surface area (TPSA) is 158 Å². The number of carboxylic acid groups (broad SMARTS) is 1. The molecule has 52 heavy (non-hydrogen) atoms. The number of piperidine rings is 1. The van der Waals surface area contributed by atoms with Crippen LogP contribution in [0.5, 0.6) is 0 Å². The van der Waals surface area contributed by atoms with Crippen molar-refractivity contribution in [2.24, 2.45) is 0 Å². The lowest BCUT2D eigenvalue weighted by molar-refractivity contribution is -0.0791. The fourth-order valence-electron chi connectivity index (χ4n) is 6.49. The highest BCUT2D eigenvalue weighted by Gasteiger charge is 2.27. The molecule has 3 heterocycles. The van der Waals surface area contributed by atoms with Crippen LogP contribution in [0.2, 0.25) is 0 Å². The molecule has 1 aliphatic heterocycles. The maximum absolute atomic E-state index is 13.1. The van der Waals surface area contributed by atoms with Gasteiger partial charge in [0.05, 0.1) is 39.4 Å². The van der Waals surface area contributed by atoms with Gasteiger partial charge in [0.1, 0.15) is 0 Å². The van der Waals surface area contributed by atoms with E-state index in [4.69, 9.17) is 9.84 Å². The number of benzene rings is 4. The minimum absolute atomic E-state index is 0.0512. The van der Waals surface area contributed by atoms with Gasteiger partial charge in [0.2, 0.25) is 0 Å². The van der Waals surface area contributed by atoms with E-state index in [1.165, 1.54) is 0 Å². The van der Waals surface area contributed by atoms with Crippen LogP contribution < -0.4 is 11.1 Å². The molecular formula is C41H41N5O6. The van der Waals surface area contributed by atoms with E-state index in [9.17, 15) is 19.2 Å². The third-order valence-electron chi connectivity index (χ3n) is 8.89. The number of aromatic amines is 2. The van der Waals surface area contributed by atoms with Crippen molar-refractivity contribution in [2.45, 2.75) is 58.2 Å². The van der Waals surface area contributed by atoms with Crippen LogP contribution in [-0.4, -0.2) is 67.1 Å². The van der Waals surface area contributed by atoms with E-state index in [0.717, 1.165) is 40.4 Å². The molecule has 0 saturated carbocycles. The number of hydrogen-bond acceptors (Lipinski definition) is 7. The molecular weight excluding hydrogens is 658 g/mol. The summed E-state index contributed by atoms with van der Waals surface area (Å²) in [7, 11) is 0. The molecule has 2 aromatic heterocycles. The van der Waals surface area contributed by atoms with Crippen molar-refractivity contribution in [1.82, 2.24) is 25.3 Å². The maximum Gasteiger partial charge on any atom is 0.335 e. The molecule has 3 N–H and O–H groups in total. The molecule has 1 aliphatic rings. The highest BCUT2D eigenvalue weighted by Crippen LogP contribution is 2.23. The number of carbonyl (C=O) groups excluding carboxylic acids is 1. The first-order chi connectivity index (χ1) is 24.9. The second-order valence-electron chi connectivity index (χ2n) is 13.9. The van der Waals surface area contributed by atoms with Crippen molar-refractivity contribution in [2.75, 3.05) is 13.1 Å². The van der Waals surface area contributed by atoms with E-state index >= 15 is 0 Å². The van der Waals surface area contributed by atoms with Crippen molar-refractivity contribution in [3.05, 3.63) is 151 Å². The second kappa shape index (κ2) is 15.5. The van der Waals surface area contributed by atoms with Gasteiger partial charge in [-0.15, -0.1) is 0 Å². The summed E-state index contributed by atoms with van der Waals surface area (Å²) in [5.41, 5.74) is 3.66. The van der Waals surface area contributed by atoms with Crippen molar-refractivity contribution >= 4 is 33.4 Å². The highest BCUT2D eigenvalue weighted by atomic mass is 16.5. The van der Waals surface area contributed by atoms with Gasteiger partial charge in [-0.05, 0) is 81.1 Å². The molecule has 4 aromatic carbocycles. The molecule has 6 aromatic rings. The smallest absolute Gasteiger partial charge is 0.335 e. The van der Waals surface area contributed by atoms with Crippen molar-refractivity contribution < 1.29 is 19.4 Å². The molecule has 7 rings (SSSR count). The summed E-state index contributed by atoms with van der Waals surface area (Å²) in [4.78, 5) is 49.7. The van der Waals surface area contributed by atoms with E-state index in [2.05, 4.69) is 41.2 Å². The highest BCUT2D eigenvalue weighted by molar-refractivity contribution is 5.94. The minimum atomic E-state index is -0.962. The molecule has 1 saturated heterocycles. The van der Waals surface area contributed by atoms with Crippen LogP contribution in [0, 0.1) is 0 Å². The number of amides is 1. The Labute approximate surface area is 300 Å². The van der Waals surface area contributed by atoms with Crippen LogP contribution in [0.15, 0.2) is 107 Å². The number of carbonyl (C=O) groups is 2. The number of nitrogens with one attached hydrogen (secondary N) is 2. The molecule has 1 fully saturated rings. The number of likely N-dealkylation sites (tertiary alicyclic amines) is 1. The number of nitrogens with zero attached hydrogens (tertiary/aromatic N) is 3. The van der Waals surface area contributed by atoms with E-state index < -0.39 is 5.97 Å². The van der Waals surface area contributed by atoms with Gasteiger partial charge >= 0.3 is 5.97 Å². The third kappa shape index (κ3) is 8.67. The lowest BCUT2D eigenvalue weighted by atomic mass is 10.0. The molecule has 0 atom stereocenters. The summed E-state index contributed by atoms with van der Waals surface area (Å²) in [6.07, 6.45) is 2.92. The molecule has 0 unspecified atom stereocenters. The Morgan fingerprint density at radius 3 is 1.65 bits per heavy atom. The van der Waals surface area contributed by atoms with E-state index in [-0.39, 0.29) is 34.3 Å². The standard InChI is InChI=1S/C25H29N3O3.C16H12N2O3/c1-25(2,3)31-19-11-13-28(14-12-19)24(30)18-8-6-7-17(15-18)16-22-20-9-4-5-10-21(20)23(29)27-26-22;19-15-13-7-2-1-6-12(13)14(17-18-15)9-10-4-3-5-11(8-10)16(20)21/h4-10,15,19H,11-14,16H2,1-3H3,(H,27,29);1-8H,9H2,(H,18,19)(H,20,21). The van der Waals surface area contributed by atoms with Crippen LogP contribution in [0.4, 0.5) is 0 Å². The maximum atomic E-state index is 13.1. The van der Waals surface area contributed by atoms with Gasteiger partial charge in [-0.25, -0.2) is 15.0 Å². The van der Waals surface area contributed by atoms with Crippen LogP contribution in [0.25, 0.3) is 21.5 Å². The zero-order chi connectivity index (χ0) is 36.8. The van der Waals surface area contributed by atoms with Crippen molar-refractivity contribution in [3.63, 3.8) is 0 Å². The Kier molecular flexibility index (Phi) is 10.7. The first kappa shape index (κ1) is 35.9. The van der Waals surface area contributed by atoms with Gasteiger partial charge in [0.25, 0.3) is 17.0 Å². The van der Waals surface area contributed by atoms with Crippen molar-refractivity contribution in [1.29, 1.82) is 0 Å². The summed E-state index contributed by atoms with van der Waals surface area (Å²) in [6, 6.07) is 29.1. The molecule has 266 valence electrons. The fourth-order valence-corrected chi connectivity index (χ4v) is 6.49. The Bertz CT molecular complexity index is 2350. The zero-order valence-electron chi connectivity index (χ0n) is 29.4. The molecule has 11 heteroatoms. The van der Waals surface area contributed by atoms with Crippen molar-refractivity contribution in [3.8, 4) is 0 Å². The number of H-pyrrole nitrogens is 2. The number of aromatic nitrogens is 4. The van der Waals surface area contributed by atoms with Gasteiger partial charge in [-0.3, -0.25) is 14.4 Å². The van der Waals surface area contributed by atoms with Gasteiger partial charge in [-0.1, -0.05) is 60.7 Å². The number of carboxylic acids is 1. The second-order valence-corrected chi connectivity index (χ2v) is 13.9. The Morgan fingerprint density at radius 1 is 0.712 bits per heavy atom. The summed E-state index contributed by atoms with van der Waals surface area (Å²) in [6.45, 7) is 7.61. The van der Waals surface area contributed by atoms with E-state index in [1.807, 2.05) is 65.6 Å². The van der Waals surface area contributed by atoms with E-state index in [0.29, 0.717) is 48.0 Å². The minimum Gasteiger partial charge on any atom is -0.478 e. The number of rotatable bonds is 7. The van der Waals surface area contributed by atoms with Crippen LogP contribution in [0.1, 0.15) is 76.8 Å². The number of ether oxygens (including phenoxy) is 1. The Balaban J connectivity index is 0.000000192. The number of aromatic carboxylic acids is 1. The predicted molar refractivity (Wildman–Crippen MR) is 200 cm³/mol. The molecule has 11 nitrogen and oxygen atoms in total. The molecule has 1 amide bonds. The van der Waals surface area contributed by atoms with Crippen LogP contribution in [0.3, 0.4) is 0 Å². The quantitative estimate of drug-likeness (QED) is 0.179. The summed E-state index contributed by atoms with van der Waals surface area (Å²) in [5.74, 6) is -0.911. The first-order valence-corrected chi connectivity index (χ1v) is 17.3. The lowest BCUT2D eigenvalue weighted by Crippen LogP contribution is -2.42. The number of fused-ring (bicyclic) bond motifs is 2. The average Bonchev–Trinajstić information content (AvgIpc) is 3.14. The normalized spacial score (nSPS) is 13.5. The summed E-state index contributed by atoms with van der Waals surface area (Å²) in [5, 5.41) is 25.2. The van der Waals surface area contributed by atoms with Crippen LogP contribution >= 0.6 is 0 Å². The Morgan fingerprint density at radius 2 is 1.17 bits per heavy atom. The SMILES string of the molecule is CC(C)(C)OC1CCN(C(=O)c2cccc(Cc3n[nH]c(=O)c4ccccc34)c2)CC1.O=C(O)c1cccc(Cc2n[nH]c(=O)c3ccccc23)c1. The largest absolute Gasteiger partial charge is 0.478 e. The van der Waals surface area contributed by atoms with Gasteiger partial charge < -0.3 is 14.7 Å². The Hall–Kier alpha value is -5.94. The fraction of sp³-hybridized carbons (Fsp3) is 0.268. The lowest BCUT2D eigenvalue weighted by Gasteiger charge is -2.35.